The summed E-state index contributed by atoms with van der Waals surface area (Å²) in [5, 5.41) is 11.1. The second-order valence-electron chi connectivity index (χ2n) is 4.43. The van der Waals surface area contributed by atoms with Crippen molar-refractivity contribution in [2.45, 2.75) is 26.3 Å². The predicted octanol–water partition coefficient (Wildman–Crippen LogP) is 2.84. The zero-order valence-corrected chi connectivity index (χ0v) is 13.5. The SMILES string of the molecule is CCCOc1ccc(Br)cc1/C=C/C(=O)N[C@H](C)C(=O)O. The largest absolute Gasteiger partial charge is 0.493 e. The van der Waals surface area contributed by atoms with Crippen LogP contribution < -0.4 is 10.1 Å². The lowest BCUT2D eigenvalue weighted by Gasteiger charge is -2.09. The molecule has 6 heteroatoms. The van der Waals surface area contributed by atoms with Crippen LogP contribution in [0.15, 0.2) is 28.7 Å². The van der Waals surface area contributed by atoms with E-state index < -0.39 is 17.9 Å². The summed E-state index contributed by atoms with van der Waals surface area (Å²) in [6.45, 7) is 4.00. The van der Waals surface area contributed by atoms with E-state index in [1.54, 1.807) is 6.08 Å². The maximum atomic E-state index is 11.6. The van der Waals surface area contributed by atoms with E-state index in [-0.39, 0.29) is 0 Å². The van der Waals surface area contributed by atoms with Gasteiger partial charge in [-0.1, -0.05) is 22.9 Å². The smallest absolute Gasteiger partial charge is 0.325 e. The molecule has 0 aliphatic heterocycles. The van der Waals surface area contributed by atoms with Crippen LogP contribution in [0.25, 0.3) is 6.08 Å². The topological polar surface area (TPSA) is 75.6 Å². The Kier molecular flexibility index (Phi) is 6.94. The minimum absolute atomic E-state index is 0.466. The minimum Gasteiger partial charge on any atom is -0.493 e. The number of benzene rings is 1. The van der Waals surface area contributed by atoms with Crippen molar-refractivity contribution in [2.75, 3.05) is 6.61 Å². The van der Waals surface area contributed by atoms with E-state index in [2.05, 4.69) is 21.2 Å². The Balaban J connectivity index is 2.80. The van der Waals surface area contributed by atoms with Gasteiger partial charge in [-0.05, 0) is 37.6 Å². The van der Waals surface area contributed by atoms with E-state index in [1.807, 2.05) is 25.1 Å². The number of amides is 1. The Bertz CT molecular complexity index is 542. The average molecular weight is 356 g/mol. The first-order chi connectivity index (χ1) is 9.93. The van der Waals surface area contributed by atoms with Gasteiger partial charge in [0.05, 0.1) is 6.61 Å². The number of rotatable bonds is 7. The van der Waals surface area contributed by atoms with Crippen LogP contribution in [0.3, 0.4) is 0 Å². The van der Waals surface area contributed by atoms with Gasteiger partial charge in [-0.2, -0.15) is 0 Å². The fourth-order valence-corrected chi connectivity index (χ4v) is 1.86. The number of hydrogen-bond donors (Lipinski definition) is 2. The van der Waals surface area contributed by atoms with E-state index in [0.29, 0.717) is 12.4 Å². The molecule has 21 heavy (non-hydrogen) atoms. The molecule has 114 valence electrons. The van der Waals surface area contributed by atoms with Crippen LogP contribution in [-0.4, -0.2) is 29.6 Å². The van der Waals surface area contributed by atoms with Gasteiger partial charge < -0.3 is 15.2 Å². The lowest BCUT2D eigenvalue weighted by molar-refractivity contribution is -0.140. The van der Waals surface area contributed by atoms with Gasteiger partial charge in [-0.3, -0.25) is 9.59 Å². The van der Waals surface area contributed by atoms with Crippen LogP contribution in [0.4, 0.5) is 0 Å². The number of ether oxygens (including phenoxy) is 1. The Morgan fingerprint density at radius 2 is 2.19 bits per heavy atom. The van der Waals surface area contributed by atoms with Crippen molar-refractivity contribution < 1.29 is 19.4 Å². The molecule has 0 saturated heterocycles. The summed E-state index contributed by atoms with van der Waals surface area (Å²) in [5.74, 6) is -0.868. The number of carbonyl (C=O) groups excluding carboxylic acids is 1. The third kappa shape index (κ3) is 5.99. The summed E-state index contributed by atoms with van der Waals surface area (Å²) in [6, 6.07) is 4.57. The molecule has 1 atom stereocenters. The predicted molar refractivity (Wildman–Crippen MR) is 84.2 cm³/mol. The molecule has 0 heterocycles. The number of halogens is 1. The van der Waals surface area contributed by atoms with E-state index >= 15 is 0 Å². The fraction of sp³-hybridized carbons (Fsp3) is 0.333. The van der Waals surface area contributed by atoms with Gasteiger partial charge in [-0.25, -0.2) is 0 Å². The molecule has 0 bridgehead atoms. The summed E-state index contributed by atoms with van der Waals surface area (Å²) >= 11 is 3.36. The van der Waals surface area contributed by atoms with Crippen molar-refractivity contribution in [2.24, 2.45) is 0 Å². The third-order valence-electron chi connectivity index (χ3n) is 2.58. The van der Waals surface area contributed by atoms with Crippen LogP contribution in [0.2, 0.25) is 0 Å². The van der Waals surface area contributed by atoms with E-state index in [0.717, 1.165) is 16.5 Å². The van der Waals surface area contributed by atoms with Gasteiger partial charge in [0.2, 0.25) is 5.91 Å². The highest BCUT2D eigenvalue weighted by atomic mass is 79.9. The van der Waals surface area contributed by atoms with Gasteiger partial charge in [0, 0.05) is 16.1 Å². The molecule has 1 rings (SSSR count). The molecule has 0 aliphatic carbocycles. The van der Waals surface area contributed by atoms with Crippen LogP contribution in [0.1, 0.15) is 25.8 Å². The van der Waals surface area contributed by atoms with Crippen molar-refractivity contribution in [3.63, 3.8) is 0 Å². The second kappa shape index (κ2) is 8.46. The summed E-state index contributed by atoms with van der Waals surface area (Å²) in [7, 11) is 0. The van der Waals surface area contributed by atoms with Gasteiger partial charge in [0.15, 0.2) is 0 Å². The monoisotopic (exact) mass is 355 g/mol. The lowest BCUT2D eigenvalue weighted by atomic mass is 10.2. The van der Waals surface area contributed by atoms with Crippen molar-refractivity contribution in [3.05, 3.63) is 34.3 Å². The molecular formula is C15H18BrNO4. The van der Waals surface area contributed by atoms with Crippen LogP contribution in [0.5, 0.6) is 5.75 Å². The number of hydrogen-bond acceptors (Lipinski definition) is 3. The fourth-order valence-electron chi connectivity index (χ4n) is 1.48. The number of nitrogens with one attached hydrogen (secondary N) is 1. The normalized spacial score (nSPS) is 12.1. The Hall–Kier alpha value is -1.82. The van der Waals surface area contributed by atoms with E-state index in [4.69, 9.17) is 9.84 Å². The molecule has 0 radical (unpaired) electrons. The Morgan fingerprint density at radius 1 is 1.48 bits per heavy atom. The Labute approximate surface area is 132 Å². The molecule has 0 aromatic heterocycles. The minimum atomic E-state index is -1.08. The standard InChI is InChI=1S/C15H18BrNO4/c1-3-8-21-13-6-5-12(16)9-11(13)4-7-14(18)17-10(2)15(19)20/h4-7,9-10H,3,8H2,1-2H3,(H,17,18)(H,19,20)/b7-4+/t10-/m1/s1. The van der Waals surface area contributed by atoms with Gasteiger partial charge in [-0.15, -0.1) is 0 Å². The first kappa shape index (κ1) is 17.2. The maximum Gasteiger partial charge on any atom is 0.325 e. The molecule has 0 spiro atoms. The van der Waals surface area contributed by atoms with Gasteiger partial charge >= 0.3 is 5.97 Å². The number of carboxylic acid groups (broad SMARTS) is 1. The highest BCUT2D eigenvalue weighted by Gasteiger charge is 2.12. The summed E-state index contributed by atoms with van der Waals surface area (Å²) in [5.41, 5.74) is 0.746. The molecule has 0 saturated carbocycles. The van der Waals surface area contributed by atoms with Crippen molar-refractivity contribution in [1.82, 2.24) is 5.32 Å². The molecule has 1 aromatic carbocycles. The van der Waals surface area contributed by atoms with Crippen LogP contribution >= 0.6 is 15.9 Å². The van der Waals surface area contributed by atoms with E-state index in [9.17, 15) is 9.59 Å². The molecule has 0 fully saturated rings. The van der Waals surface area contributed by atoms with Gasteiger partial charge in [0.25, 0.3) is 0 Å². The lowest BCUT2D eigenvalue weighted by Crippen LogP contribution is -2.37. The zero-order chi connectivity index (χ0) is 15.8. The summed E-state index contributed by atoms with van der Waals surface area (Å²) in [6.07, 6.45) is 3.77. The summed E-state index contributed by atoms with van der Waals surface area (Å²) < 4.78 is 6.46. The highest BCUT2D eigenvalue weighted by molar-refractivity contribution is 9.10. The molecule has 0 unspecified atom stereocenters. The third-order valence-corrected chi connectivity index (χ3v) is 3.07. The Morgan fingerprint density at radius 3 is 2.81 bits per heavy atom. The summed E-state index contributed by atoms with van der Waals surface area (Å²) in [4.78, 5) is 22.3. The molecule has 0 aliphatic rings. The van der Waals surface area contributed by atoms with Crippen LogP contribution in [-0.2, 0) is 9.59 Å². The first-order valence-electron chi connectivity index (χ1n) is 6.57. The molecule has 2 N–H and O–H groups in total. The zero-order valence-electron chi connectivity index (χ0n) is 11.9. The molecule has 1 aromatic rings. The quantitative estimate of drug-likeness (QED) is 0.737. The van der Waals surface area contributed by atoms with Gasteiger partial charge in [0.1, 0.15) is 11.8 Å². The highest BCUT2D eigenvalue weighted by Crippen LogP contribution is 2.24. The number of carboxylic acids is 1. The van der Waals surface area contributed by atoms with Crippen molar-refractivity contribution in [3.8, 4) is 5.75 Å². The maximum absolute atomic E-state index is 11.6. The molecule has 5 nitrogen and oxygen atoms in total. The average Bonchev–Trinajstić information content (AvgIpc) is 2.43. The number of aliphatic carboxylic acids is 1. The number of carbonyl (C=O) groups is 2. The molecule has 1 amide bonds. The van der Waals surface area contributed by atoms with Crippen LogP contribution in [0, 0.1) is 0 Å². The van der Waals surface area contributed by atoms with E-state index in [1.165, 1.54) is 13.0 Å². The van der Waals surface area contributed by atoms with Crippen molar-refractivity contribution >= 4 is 33.9 Å². The second-order valence-corrected chi connectivity index (χ2v) is 5.35. The van der Waals surface area contributed by atoms with Crippen molar-refractivity contribution in [1.29, 1.82) is 0 Å². The first-order valence-corrected chi connectivity index (χ1v) is 7.37. The molecular weight excluding hydrogens is 338 g/mol.